The van der Waals surface area contributed by atoms with Gasteiger partial charge in [0.1, 0.15) is 23.4 Å². The van der Waals surface area contributed by atoms with Gasteiger partial charge in [-0.3, -0.25) is 14.4 Å². The van der Waals surface area contributed by atoms with Crippen LogP contribution in [-0.2, 0) is 4.79 Å². The van der Waals surface area contributed by atoms with Gasteiger partial charge in [-0.25, -0.2) is 8.78 Å². The number of anilines is 1. The van der Waals surface area contributed by atoms with E-state index in [1.807, 2.05) is 31.7 Å². The highest BCUT2D eigenvalue weighted by atomic mass is 28.3. The van der Waals surface area contributed by atoms with Crippen molar-refractivity contribution in [2.45, 2.75) is 32.6 Å². The lowest BCUT2D eigenvalue weighted by Crippen LogP contribution is -2.42. The number of hydrogen-bond donors (Lipinski definition) is 2. The highest BCUT2D eigenvalue weighted by molar-refractivity contribution is 6.88. The van der Waals surface area contributed by atoms with Crippen LogP contribution in [0.1, 0.15) is 29.1 Å². The van der Waals surface area contributed by atoms with Gasteiger partial charge in [0.2, 0.25) is 5.76 Å². The number of nitrogens with zero attached hydrogens (tertiary/aromatic N) is 1. The SMILES string of the molecule is CCOc1ccc(C(C(=O)Nc2cc(F)c([Si](C)(C)C)c(F)c2)N(C)C(=O)c2cc(=O)[nH]o2)cc1. The molecule has 0 fully saturated rings. The van der Waals surface area contributed by atoms with Crippen LogP contribution in [0.25, 0.3) is 0 Å². The summed E-state index contributed by atoms with van der Waals surface area (Å²) in [5.41, 5.74) is -0.298. The first-order valence-corrected chi connectivity index (χ1v) is 14.4. The Kier molecular flexibility index (Phi) is 7.59. The fraction of sp³-hybridized carbons (Fsp3) is 0.292. The predicted octanol–water partition coefficient (Wildman–Crippen LogP) is 3.64. The second-order valence-electron chi connectivity index (χ2n) is 8.95. The molecule has 1 unspecified atom stereocenters. The van der Waals surface area contributed by atoms with Crippen molar-refractivity contribution in [1.29, 1.82) is 0 Å². The maximum atomic E-state index is 14.7. The molecule has 3 rings (SSSR count). The topological polar surface area (TPSA) is 105 Å². The van der Waals surface area contributed by atoms with Crippen molar-refractivity contribution >= 4 is 30.8 Å². The van der Waals surface area contributed by atoms with Crippen molar-refractivity contribution in [3.8, 4) is 5.75 Å². The molecule has 3 aromatic rings. The Morgan fingerprint density at radius 3 is 2.20 bits per heavy atom. The Morgan fingerprint density at radius 2 is 1.71 bits per heavy atom. The molecule has 0 aliphatic carbocycles. The van der Waals surface area contributed by atoms with E-state index in [1.165, 1.54) is 7.05 Å². The Hall–Kier alpha value is -3.73. The molecule has 2 aromatic carbocycles. The van der Waals surface area contributed by atoms with Crippen LogP contribution >= 0.6 is 0 Å². The van der Waals surface area contributed by atoms with Gasteiger partial charge in [-0.2, -0.15) is 5.16 Å². The first-order chi connectivity index (χ1) is 16.4. The largest absolute Gasteiger partial charge is 0.494 e. The average Bonchev–Trinajstić information content (AvgIpc) is 3.19. The maximum absolute atomic E-state index is 14.7. The third-order valence-electron chi connectivity index (χ3n) is 5.26. The van der Waals surface area contributed by atoms with E-state index in [0.29, 0.717) is 17.9 Å². The molecule has 1 aromatic heterocycles. The third kappa shape index (κ3) is 5.86. The van der Waals surface area contributed by atoms with E-state index in [0.717, 1.165) is 23.1 Å². The normalized spacial score (nSPS) is 12.2. The summed E-state index contributed by atoms with van der Waals surface area (Å²) in [5.74, 6) is -2.68. The lowest BCUT2D eigenvalue weighted by atomic mass is 10.0. The number of nitrogens with one attached hydrogen (secondary N) is 2. The van der Waals surface area contributed by atoms with Gasteiger partial charge >= 0.3 is 0 Å². The summed E-state index contributed by atoms with van der Waals surface area (Å²) in [7, 11) is -0.954. The number of halogens is 2. The molecule has 186 valence electrons. The van der Waals surface area contributed by atoms with Crippen LogP contribution in [0.5, 0.6) is 5.75 Å². The van der Waals surface area contributed by atoms with Crippen molar-refractivity contribution in [2.75, 3.05) is 19.0 Å². The number of aromatic amines is 1. The Morgan fingerprint density at radius 1 is 1.11 bits per heavy atom. The van der Waals surface area contributed by atoms with Gasteiger partial charge in [-0.1, -0.05) is 31.8 Å². The number of carbonyl (C=O) groups is 2. The quantitative estimate of drug-likeness (QED) is 0.457. The van der Waals surface area contributed by atoms with Gasteiger partial charge in [0.25, 0.3) is 17.4 Å². The highest BCUT2D eigenvalue weighted by Crippen LogP contribution is 2.26. The zero-order valence-corrected chi connectivity index (χ0v) is 21.1. The van der Waals surface area contributed by atoms with Crippen LogP contribution in [0.15, 0.2) is 51.8 Å². The van der Waals surface area contributed by atoms with Gasteiger partial charge in [0.15, 0.2) is 0 Å². The molecule has 0 radical (unpaired) electrons. The fourth-order valence-electron chi connectivity index (χ4n) is 3.72. The molecule has 1 heterocycles. The molecule has 0 saturated heterocycles. The van der Waals surface area contributed by atoms with E-state index in [1.54, 1.807) is 24.3 Å². The molecule has 35 heavy (non-hydrogen) atoms. The second kappa shape index (κ2) is 10.3. The highest BCUT2D eigenvalue weighted by Gasteiger charge is 2.32. The van der Waals surface area contributed by atoms with E-state index in [2.05, 4.69) is 5.32 Å². The first-order valence-electron chi connectivity index (χ1n) is 10.9. The number of benzene rings is 2. The zero-order chi connectivity index (χ0) is 25.9. The fourth-order valence-corrected chi connectivity index (χ4v) is 5.29. The number of H-pyrrole nitrogens is 1. The molecule has 0 bridgehead atoms. The molecule has 0 spiro atoms. The summed E-state index contributed by atoms with van der Waals surface area (Å²) >= 11 is 0. The molecular weight excluding hydrogens is 476 g/mol. The number of hydrogen-bond acceptors (Lipinski definition) is 5. The molecule has 0 aliphatic rings. The number of likely N-dealkylation sites (N-methyl/N-ethyl adjacent to an activating group) is 1. The summed E-state index contributed by atoms with van der Waals surface area (Å²) in [4.78, 5) is 38.7. The number of ether oxygens (including phenoxy) is 1. The molecule has 2 N–H and O–H groups in total. The van der Waals surface area contributed by atoms with Crippen molar-refractivity contribution in [3.63, 3.8) is 0 Å². The first kappa shape index (κ1) is 25.9. The molecule has 0 saturated carbocycles. The van der Waals surface area contributed by atoms with Crippen LogP contribution in [-0.4, -0.2) is 43.6 Å². The smallest absolute Gasteiger partial charge is 0.293 e. The van der Waals surface area contributed by atoms with Gasteiger partial charge in [-0.05, 0) is 36.8 Å². The number of amides is 2. The molecule has 11 heteroatoms. The number of aromatic nitrogens is 1. The molecule has 2 amide bonds. The molecule has 0 aliphatic heterocycles. The van der Waals surface area contributed by atoms with Crippen molar-refractivity contribution in [1.82, 2.24) is 10.1 Å². The van der Waals surface area contributed by atoms with Gasteiger partial charge < -0.3 is 19.5 Å². The van der Waals surface area contributed by atoms with E-state index in [-0.39, 0.29) is 16.6 Å². The molecule has 1 atom stereocenters. The summed E-state index contributed by atoms with van der Waals surface area (Å²) in [5, 5.41) is 4.57. The van der Waals surface area contributed by atoms with Crippen LogP contribution < -0.4 is 20.8 Å². The number of rotatable bonds is 8. The van der Waals surface area contributed by atoms with Gasteiger partial charge in [0, 0.05) is 17.9 Å². The minimum absolute atomic E-state index is 0.0355. The van der Waals surface area contributed by atoms with Crippen molar-refractivity contribution in [2.24, 2.45) is 0 Å². The van der Waals surface area contributed by atoms with Crippen molar-refractivity contribution in [3.05, 3.63) is 75.8 Å². The van der Waals surface area contributed by atoms with Crippen molar-refractivity contribution < 1.29 is 27.6 Å². The third-order valence-corrected chi connectivity index (χ3v) is 7.23. The van der Waals surface area contributed by atoms with Crippen LogP contribution in [0, 0.1) is 11.6 Å². The van der Waals surface area contributed by atoms with Crippen LogP contribution in [0.4, 0.5) is 14.5 Å². The van der Waals surface area contributed by atoms with Crippen LogP contribution in [0.2, 0.25) is 19.6 Å². The summed E-state index contributed by atoms with van der Waals surface area (Å²) < 4.78 is 39.8. The standard InChI is InChI=1S/C24H27F2N3O5Si/c1-6-33-16-9-7-14(8-10-16)21(29(2)24(32)19-13-20(30)28-34-19)23(31)27-15-11-17(25)22(18(26)12-15)35(3,4)5/h7-13,21H,6H2,1-5H3,(H,27,31)(H,28,30). The minimum atomic E-state index is -2.31. The summed E-state index contributed by atoms with van der Waals surface area (Å²) in [6, 6.07) is 8.34. The number of carbonyl (C=O) groups excluding carboxylic acids is 2. The summed E-state index contributed by atoms with van der Waals surface area (Å²) in [6.07, 6.45) is 0. The minimum Gasteiger partial charge on any atom is -0.494 e. The Labute approximate surface area is 201 Å². The van der Waals surface area contributed by atoms with E-state index < -0.39 is 43.1 Å². The monoisotopic (exact) mass is 503 g/mol. The Bertz CT molecular complexity index is 1260. The zero-order valence-electron chi connectivity index (χ0n) is 20.1. The van der Waals surface area contributed by atoms with Gasteiger partial charge in [0.05, 0.1) is 20.7 Å². The van der Waals surface area contributed by atoms with E-state index in [4.69, 9.17) is 9.26 Å². The van der Waals surface area contributed by atoms with Crippen LogP contribution in [0.3, 0.4) is 0 Å². The lowest BCUT2D eigenvalue weighted by Gasteiger charge is -2.27. The second-order valence-corrected chi connectivity index (χ2v) is 14.0. The maximum Gasteiger partial charge on any atom is 0.293 e. The lowest BCUT2D eigenvalue weighted by molar-refractivity contribution is -0.120. The molecular formula is C24H27F2N3O5Si. The average molecular weight is 504 g/mol. The van der Waals surface area contributed by atoms with E-state index in [9.17, 15) is 23.2 Å². The summed E-state index contributed by atoms with van der Waals surface area (Å²) in [6.45, 7) is 7.71. The Balaban J connectivity index is 1.97. The van der Waals surface area contributed by atoms with Gasteiger partial charge in [-0.15, -0.1) is 0 Å². The van der Waals surface area contributed by atoms with E-state index >= 15 is 0 Å². The predicted molar refractivity (Wildman–Crippen MR) is 130 cm³/mol. The molecule has 8 nitrogen and oxygen atoms in total.